The maximum absolute atomic E-state index is 10.9. The number of hydrogen-bond acceptors (Lipinski definition) is 3. The van der Waals surface area contributed by atoms with Crippen LogP contribution >= 0.6 is 0 Å². The fourth-order valence-electron chi connectivity index (χ4n) is 1.74. The minimum Gasteiger partial charge on any atom is -0.377 e. The molecule has 0 spiro atoms. The average molecular weight is 264 g/mol. The first kappa shape index (κ1) is 15.2. The SMILES string of the molecule is NC(=O)C(CCCCOCc1ccccc1)C(N)=O. The molecule has 1 aromatic carbocycles. The molecule has 2 amide bonds. The van der Waals surface area contributed by atoms with Crippen molar-refractivity contribution in [2.45, 2.75) is 25.9 Å². The van der Waals surface area contributed by atoms with Gasteiger partial charge in [0, 0.05) is 6.61 Å². The van der Waals surface area contributed by atoms with Crippen LogP contribution in [-0.4, -0.2) is 18.4 Å². The van der Waals surface area contributed by atoms with Crippen LogP contribution < -0.4 is 11.5 Å². The highest BCUT2D eigenvalue weighted by molar-refractivity contribution is 5.98. The van der Waals surface area contributed by atoms with E-state index in [2.05, 4.69) is 0 Å². The van der Waals surface area contributed by atoms with Crippen molar-refractivity contribution in [2.24, 2.45) is 17.4 Å². The molecule has 1 rings (SSSR count). The second kappa shape index (κ2) is 8.26. The summed E-state index contributed by atoms with van der Waals surface area (Å²) in [5.41, 5.74) is 11.3. The van der Waals surface area contributed by atoms with E-state index in [1.54, 1.807) is 0 Å². The van der Waals surface area contributed by atoms with Crippen LogP contribution in [-0.2, 0) is 20.9 Å². The molecule has 0 aliphatic carbocycles. The molecule has 104 valence electrons. The molecular weight excluding hydrogens is 244 g/mol. The van der Waals surface area contributed by atoms with Gasteiger partial charge < -0.3 is 16.2 Å². The largest absolute Gasteiger partial charge is 0.377 e. The van der Waals surface area contributed by atoms with Gasteiger partial charge in [-0.25, -0.2) is 0 Å². The Morgan fingerprint density at radius 2 is 1.68 bits per heavy atom. The van der Waals surface area contributed by atoms with E-state index in [1.165, 1.54) is 0 Å². The predicted octanol–water partition coefficient (Wildman–Crippen LogP) is 0.960. The van der Waals surface area contributed by atoms with Crippen molar-refractivity contribution >= 4 is 11.8 Å². The summed E-state index contributed by atoms with van der Waals surface area (Å²) in [5.74, 6) is -2.18. The number of amides is 2. The predicted molar refractivity (Wildman–Crippen MR) is 71.8 cm³/mol. The van der Waals surface area contributed by atoms with Crippen molar-refractivity contribution in [3.63, 3.8) is 0 Å². The van der Waals surface area contributed by atoms with Gasteiger partial charge in [-0.05, 0) is 24.8 Å². The minimum atomic E-state index is -0.867. The number of hydrogen-bond donors (Lipinski definition) is 2. The number of carbonyl (C=O) groups excluding carboxylic acids is 2. The van der Waals surface area contributed by atoms with Gasteiger partial charge in [0.25, 0.3) is 0 Å². The maximum Gasteiger partial charge on any atom is 0.229 e. The first-order valence-electron chi connectivity index (χ1n) is 6.31. The Morgan fingerprint density at radius 3 is 2.26 bits per heavy atom. The van der Waals surface area contributed by atoms with E-state index < -0.39 is 17.7 Å². The summed E-state index contributed by atoms with van der Waals surface area (Å²) in [6.45, 7) is 1.15. The molecule has 19 heavy (non-hydrogen) atoms. The summed E-state index contributed by atoms with van der Waals surface area (Å²) >= 11 is 0. The number of carbonyl (C=O) groups is 2. The van der Waals surface area contributed by atoms with Crippen LogP contribution in [0, 0.1) is 5.92 Å². The molecule has 0 bridgehead atoms. The van der Waals surface area contributed by atoms with Crippen LogP contribution in [0.15, 0.2) is 30.3 Å². The van der Waals surface area contributed by atoms with Gasteiger partial charge in [-0.1, -0.05) is 30.3 Å². The highest BCUT2D eigenvalue weighted by Crippen LogP contribution is 2.08. The zero-order chi connectivity index (χ0) is 14.1. The van der Waals surface area contributed by atoms with Gasteiger partial charge in [-0.2, -0.15) is 0 Å². The number of nitrogens with two attached hydrogens (primary N) is 2. The monoisotopic (exact) mass is 264 g/mol. The number of ether oxygens (including phenoxy) is 1. The fraction of sp³-hybridized carbons (Fsp3) is 0.429. The zero-order valence-corrected chi connectivity index (χ0v) is 10.9. The van der Waals surface area contributed by atoms with Crippen molar-refractivity contribution < 1.29 is 14.3 Å². The summed E-state index contributed by atoms with van der Waals surface area (Å²) in [6.07, 6.45) is 1.84. The average Bonchev–Trinajstić information content (AvgIpc) is 2.38. The van der Waals surface area contributed by atoms with E-state index in [0.717, 1.165) is 12.0 Å². The molecule has 0 heterocycles. The fourth-order valence-corrected chi connectivity index (χ4v) is 1.74. The second-order valence-corrected chi connectivity index (χ2v) is 4.39. The Labute approximate surface area is 112 Å². The van der Waals surface area contributed by atoms with E-state index in [0.29, 0.717) is 26.1 Å². The van der Waals surface area contributed by atoms with Gasteiger partial charge in [0.1, 0.15) is 5.92 Å². The normalized spacial score (nSPS) is 10.6. The summed E-state index contributed by atoms with van der Waals surface area (Å²) in [4.78, 5) is 21.9. The Hall–Kier alpha value is -1.88. The van der Waals surface area contributed by atoms with Gasteiger partial charge >= 0.3 is 0 Å². The van der Waals surface area contributed by atoms with E-state index in [-0.39, 0.29) is 0 Å². The summed E-state index contributed by atoms with van der Waals surface area (Å²) in [6, 6.07) is 9.87. The lowest BCUT2D eigenvalue weighted by molar-refractivity contribution is -0.131. The van der Waals surface area contributed by atoms with Crippen LogP contribution in [0.2, 0.25) is 0 Å². The van der Waals surface area contributed by atoms with Gasteiger partial charge in [0.2, 0.25) is 11.8 Å². The molecule has 0 unspecified atom stereocenters. The molecule has 0 atom stereocenters. The Morgan fingerprint density at radius 1 is 1.05 bits per heavy atom. The molecular formula is C14H20N2O3. The summed E-state index contributed by atoms with van der Waals surface area (Å²) in [5, 5.41) is 0. The van der Waals surface area contributed by atoms with Gasteiger partial charge in [-0.15, -0.1) is 0 Å². The summed E-state index contributed by atoms with van der Waals surface area (Å²) in [7, 11) is 0. The lowest BCUT2D eigenvalue weighted by Gasteiger charge is -2.09. The van der Waals surface area contributed by atoms with Crippen molar-refractivity contribution in [1.82, 2.24) is 0 Å². The van der Waals surface area contributed by atoms with Gasteiger partial charge in [-0.3, -0.25) is 9.59 Å². The van der Waals surface area contributed by atoms with Crippen LogP contribution in [0.4, 0.5) is 0 Å². The first-order chi connectivity index (χ1) is 9.11. The third kappa shape index (κ3) is 6.01. The van der Waals surface area contributed by atoms with Crippen LogP contribution in [0.25, 0.3) is 0 Å². The molecule has 4 N–H and O–H groups in total. The van der Waals surface area contributed by atoms with Crippen LogP contribution in [0.5, 0.6) is 0 Å². The van der Waals surface area contributed by atoms with Crippen molar-refractivity contribution in [3.8, 4) is 0 Å². The topological polar surface area (TPSA) is 95.4 Å². The highest BCUT2D eigenvalue weighted by Gasteiger charge is 2.20. The Bertz CT molecular complexity index is 392. The molecule has 1 aromatic rings. The lowest BCUT2D eigenvalue weighted by atomic mass is 10.0. The van der Waals surface area contributed by atoms with Crippen molar-refractivity contribution in [2.75, 3.05) is 6.61 Å². The summed E-state index contributed by atoms with van der Waals surface area (Å²) < 4.78 is 5.49. The number of rotatable bonds is 9. The molecule has 0 aliphatic heterocycles. The van der Waals surface area contributed by atoms with Gasteiger partial charge in [0.15, 0.2) is 0 Å². The van der Waals surface area contributed by atoms with E-state index >= 15 is 0 Å². The van der Waals surface area contributed by atoms with Gasteiger partial charge in [0.05, 0.1) is 6.61 Å². The highest BCUT2D eigenvalue weighted by atomic mass is 16.5. The second-order valence-electron chi connectivity index (χ2n) is 4.39. The third-order valence-electron chi connectivity index (χ3n) is 2.83. The number of primary amides is 2. The molecule has 0 aliphatic rings. The van der Waals surface area contributed by atoms with E-state index in [1.807, 2.05) is 30.3 Å². The first-order valence-corrected chi connectivity index (χ1v) is 6.31. The number of benzene rings is 1. The van der Waals surface area contributed by atoms with Crippen LogP contribution in [0.3, 0.4) is 0 Å². The van der Waals surface area contributed by atoms with Crippen molar-refractivity contribution in [3.05, 3.63) is 35.9 Å². The standard InChI is InChI=1S/C14H20N2O3/c15-13(17)12(14(16)18)8-4-5-9-19-10-11-6-2-1-3-7-11/h1-3,6-7,12H,4-5,8-10H2,(H2,15,17)(H2,16,18). The molecule has 5 heteroatoms. The van der Waals surface area contributed by atoms with E-state index in [9.17, 15) is 9.59 Å². The lowest BCUT2D eigenvalue weighted by Crippen LogP contribution is -2.35. The maximum atomic E-state index is 10.9. The molecule has 0 aromatic heterocycles. The number of unbranched alkanes of at least 4 members (excludes halogenated alkanes) is 1. The molecule has 5 nitrogen and oxygen atoms in total. The molecule has 0 saturated carbocycles. The molecule has 0 fully saturated rings. The quantitative estimate of drug-likeness (QED) is 0.513. The zero-order valence-electron chi connectivity index (χ0n) is 10.9. The third-order valence-corrected chi connectivity index (χ3v) is 2.83. The molecule has 0 radical (unpaired) electrons. The smallest absolute Gasteiger partial charge is 0.229 e. The Balaban J connectivity index is 2.11. The van der Waals surface area contributed by atoms with Crippen LogP contribution in [0.1, 0.15) is 24.8 Å². The van der Waals surface area contributed by atoms with E-state index in [4.69, 9.17) is 16.2 Å². The van der Waals surface area contributed by atoms with Crippen molar-refractivity contribution in [1.29, 1.82) is 0 Å². The minimum absolute atomic E-state index is 0.388. The Kier molecular flexibility index (Phi) is 6.60. The molecule has 0 saturated heterocycles.